The molecule has 2 aliphatic rings. The summed E-state index contributed by atoms with van der Waals surface area (Å²) in [6, 6.07) is 14.0. The lowest BCUT2D eigenvalue weighted by molar-refractivity contribution is 0.233. The average molecular weight is 443 g/mol. The number of hydrogen-bond acceptors (Lipinski definition) is 5. The first-order chi connectivity index (χ1) is 15.2. The first kappa shape index (κ1) is 21.7. The standard InChI is InChI=1S/C23H31ClN6O/c24-20-6-1-2-7-21(20)29-16-14-28(15-17-29)12-5-11-26-23(31)27-19-9-13-30(18-19)22-8-3-4-10-25-22/h1-4,6-8,10,19H,5,9,11-18H2,(H2,26,27,31). The highest BCUT2D eigenvalue weighted by Gasteiger charge is 2.24. The van der Waals surface area contributed by atoms with Gasteiger partial charge in [0.1, 0.15) is 5.82 Å². The number of carbonyl (C=O) groups excluding carboxylic acids is 1. The second-order valence-corrected chi connectivity index (χ2v) is 8.56. The maximum absolute atomic E-state index is 12.2. The lowest BCUT2D eigenvalue weighted by Gasteiger charge is -2.36. The number of urea groups is 1. The number of benzene rings is 1. The number of nitrogens with zero attached hydrogens (tertiary/aromatic N) is 4. The summed E-state index contributed by atoms with van der Waals surface area (Å²) in [5.41, 5.74) is 1.12. The number of piperazine rings is 1. The lowest BCUT2D eigenvalue weighted by atomic mass is 10.2. The molecule has 4 rings (SSSR count). The van der Waals surface area contributed by atoms with Crippen molar-refractivity contribution in [3.8, 4) is 0 Å². The van der Waals surface area contributed by atoms with E-state index in [0.29, 0.717) is 6.54 Å². The third-order valence-corrected chi connectivity index (χ3v) is 6.32. The number of carbonyl (C=O) groups is 1. The summed E-state index contributed by atoms with van der Waals surface area (Å²) in [5, 5.41) is 6.92. The molecule has 8 heteroatoms. The van der Waals surface area contributed by atoms with E-state index in [2.05, 4.69) is 36.4 Å². The third kappa shape index (κ3) is 6.02. The molecule has 0 spiro atoms. The quantitative estimate of drug-likeness (QED) is 0.645. The van der Waals surface area contributed by atoms with Crippen LogP contribution in [-0.2, 0) is 0 Å². The number of para-hydroxylation sites is 1. The van der Waals surface area contributed by atoms with E-state index in [1.807, 2.05) is 36.4 Å². The van der Waals surface area contributed by atoms with E-state index in [0.717, 1.165) is 75.2 Å². The molecular formula is C23H31ClN6O. The van der Waals surface area contributed by atoms with E-state index in [-0.39, 0.29) is 12.1 Å². The number of anilines is 2. The van der Waals surface area contributed by atoms with E-state index >= 15 is 0 Å². The Bertz CT molecular complexity index is 843. The van der Waals surface area contributed by atoms with E-state index in [9.17, 15) is 4.79 Å². The molecule has 1 aromatic heterocycles. The summed E-state index contributed by atoms with van der Waals surface area (Å²) in [7, 11) is 0. The number of pyridine rings is 1. The van der Waals surface area contributed by atoms with Crippen molar-refractivity contribution in [2.24, 2.45) is 0 Å². The number of hydrogen-bond donors (Lipinski definition) is 2. The number of rotatable bonds is 7. The highest BCUT2D eigenvalue weighted by Crippen LogP contribution is 2.26. The van der Waals surface area contributed by atoms with Crippen LogP contribution in [0.5, 0.6) is 0 Å². The Morgan fingerprint density at radius 3 is 2.61 bits per heavy atom. The molecule has 0 bridgehead atoms. The lowest BCUT2D eigenvalue weighted by Crippen LogP contribution is -2.47. The van der Waals surface area contributed by atoms with Crippen LogP contribution in [0.3, 0.4) is 0 Å². The summed E-state index contributed by atoms with van der Waals surface area (Å²) >= 11 is 6.32. The molecule has 1 atom stereocenters. The summed E-state index contributed by atoms with van der Waals surface area (Å²) in [6.45, 7) is 7.40. The number of amides is 2. The minimum absolute atomic E-state index is 0.0728. The van der Waals surface area contributed by atoms with Gasteiger partial charge in [0.2, 0.25) is 0 Å². The predicted octanol–water partition coefficient (Wildman–Crippen LogP) is 2.83. The van der Waals surface area contributed by atoms with Crippen LogP contribution in [-0.4, -0.2) is 74.3 Å². The number of aromatic nitrogens is 1. The van der Waals surface area contributed by atoms with Crippen molar-refractivity contribution in [2.45, 2.75) is 18.9 Å². The Morgan fingerprint density at radius 1 is 1.03 bits per heavy atom. The SMILES string of the molecule is O=C(NCCCN1CCN(c2ccccc2Cl)CC1)NC1CCN(c2ccccn2)C1. The molecule has 2 aromatic rings. The summed E-state index contributed by atoms with van der Waals surface area (Å²) < 4.78 is 0. The van der Waals surface area contributed by atoms with Crippen LogP contribution in [0.4, 0.5) is 16.3 Å². The van der Waals surface area contributed by atoms with Crippen LogP contribution >= 0.6 is 11.6 Å². The van der Waals surface area contributed by atoms with Crippen molar-refractivity contribution in [1.82, 2.24) is 20.5 Å². The van der Waals surface area contributed by atoms with Crippen LogP contribution in [0.2, 0.25) is 5.02 Å². The molecule has 2 fully saturated rings. The highest BCUT2D eigenvalue weighted by molar-refractivity contribution is 6.33. The average Bonchev–Trinajstić information content (AvgIpc) is 3.27. The molecule has 2 amide bonds. The van der Waals surface area contributed by atoms with Gasteiger partial charge in [-0.25, -0.2) is 9.78 Å². The van der Waals surface area contributed by atoms with Gasteiger partial charge in [-0.2, -0.15) is 0 Å². The molecule has 0 aliphatic carbocycles. The van der Waals surface area contributed by atoms with E-state index in [1.54, 1.807) is 6.20 Å². The van der Waals surface area contributed by atoms with Gasteiger partial charge in [-0.05, 0) is 43.7 Å². The fourth-order valence-electron chi connectivity index (χ4n) is 4.29. The van der Waals surface area contributed by atoms with Gasteiger partial charge in [-0.1, -0.05) is 29.8 Å². The summed E-state index contributed by atoms with van der Waals surface area (Å²) in [5.74, 6) is 0.974. The molecule has 0 saturated carbocycles. The Labute approximate surface area is 189 Å². The van der Waals surface area contributed by atoms with Crippen molar-refractivity contribution in [3.63, 3.8) is 0 Å². The van der Waals surface area contributed by atoms with Crippen molar-refractivity contribution in [3.05, 3.63) is 53.7 Å². The van der Waals surface area contributed by atoms with Crippen LogP contribution < -0.4 is 20.4 Å². The highest BCUT2D eigenvalue weighted by atomic mass is 35.5. The fourth-order valence-corrected chi connectivity index (χ4v) is 4.54. The third-order valence-electron chi connectivity index (χ3n) is 6.00. The van der Waals surface area contributed by atoms with Gasteiger partial charge in [-0.15, -0.1) is 0 Å². The van der Waals surface area contributed by atoms with Crippen molar-refractivity contribution >= 4 is 29.1 Å². The molecule has 2 saturated heterocycles. The van der Waals surface area contributed by atoms with Gasteiger partial charge in [0, 0.05) is 58.1 Å². The first-order valence-electron chi connectivity index (χ1n) is 11.1. The number of halogens is 1. The van der Waals surface area contributed by atoms with Crippen LogP contribution in [0.1, 0.15) is 12.8 Å². The maximum atomic E-state index is 12.2. The molecule has 1 aromatic carbocycles. The van der Waals surface area contributed by atoms with Gasteiger partial charge in [0.05, 0.1) is 10.7 Å². The molecule has 3 heterocycles. The first-order valence-corrected chi connectivity index (χ1v) is 11.5. The van der Waals surface area contributed by atoms with E-state index in [1.165, 1.54) is 0 Å². The van der Waals surface area contributed by atoms with Gasteiger partial charge in [-0.3, -0.25) is 4.90 Å². The molecular weight excluding hydrogens is 412 g/mol. The molecule has 31 heavy (non-hydrogen) atoms. The van der Waals surface area contributed by atoms with Gasteiger partial charge in [0.15, 0.2) is 0 Å². The Morgan fingerprint density at radius 2 is 1.84 bits per heavy atom. The monoisotopic (exact) mass is 442 g/mol. The van der Waals surface area contributed by atoms with Crippen molar-refractivity contribution < 1.29 is 4.79 Å². The Hall–Kier alpha value is -2.51. The van der Waals surface area contributed by atoms with E-state index in [4.69, 9.17) is 11.6 Å². The predicted molar refractivity (Wildman–Crippen MR) is 126 cm³/mol. The van der Waals surface area contributed by atoms with Crippen LogP contribution in [0, 0.1) is 0 Å². The minimum atomic E-state index is -0.0728. The normalized spacial score (nSPS) is 19.5. The largest absolute Gasteiger partial charge is 0.368 e. The summed E-state index contributed by atoms with van der Waals surface area (Å²) in [4.78, 5) is 23.6. The summed E-state index contributed by atoms with van der Waals surface area (Å²) in [6.07, 6.45) is 3.70. The van der Waals surface area contributed by atoms with Crippen molar-refractivity contribution in [1.29, 1.82) is 0 Å². The second-order valence-electron chi connectivity index (χ2n) is 8.15. The Kier molecular flexibility index (Phi) is 7.48. The molecule has 7 nitrogen and oxygen atoms in total. The van der Waals surface area contributed by atoms with Gasteiger partial charge in [0.25, 0.3) is 0 Å². The smallest absolute Gasteiger partial charge is 0.315 e. The molecule has 2 N–H and O–H groups in total. The zero-order chi connectivity index (χ0) is 21.5. The molecule has 1 unspecified atom stereocenters. The topological polar surface area (TPSA) is 63.7 Å². The van der Waals surface area contributed by atoms with Crippen molar-refractivity contribution in [2.75, 3.05) is 62.2 Å². The zero-order valence-electron chi connectivity index (χ0n) is 17.8. The molecule has 0 radical (unpaired) electrons. The van der Waals surface area contributed by atoms with Crippen LogP contribution in [0.15, 0.2) is 48.7 Å². The second kappa shape index (κ2) is 10.7. The van der Waals surface area contributed by atoms with Crippen LogP contribution in [0.25, 0.3) is 0 Å². The minimum Gasteiger partial charge on any atom is -0.368 e. The Balaban J connectivity index is 1.09. The molecule has 166 valence electrons. The molecule has 2 aliphatic heterocycles. The fraction of sp³-hybridized carbons (Fsp3) is 0.478. The maximum Gasteiger partial charge on any atom is 0.315 e. The zero-order valence-corrected chi connectivity index (χ0v) is 18.6. The van der Waals surface area contributed by atoms with Gasteiger partial charge >= 0.3 is 6.03 Å². The van der Waals surface area contributed by atoms with E-state index < -0.39 is 0 Å². The number of nitrogens with one attached hydrogen (secondary N) is 2. The van der Waals surface area contributed by atoms with Gasteiger partial charge < -0.3 is 20.4 Å².